The van der Waals surface area contributed by atoms with Crippen LogP contribution in [0.4, 0.5) is 5.00 Å². The predicted molar refractivity (Wildman–Crippen MR) is 109 cm³/mol. The van der Waals surface area contributed by atoms with Crippen molar-refractivity contribution in [3.8, 4) is 11.7 Å². The van der Waals surface area contributed by atoms with Crippen molar-refractivity contribution in [2.75, 3.05) is 11.1 Å². The maximum Gasteiger partial charge on any atom is 0.339 e. The van der Waals surface area contributed by atoms with Crippen LogP contribution >= 0.6 is 23.1 Å². The fraction of sp³-hybridized carbons (Fsp3) is 0.368. The Morgan fingerprint density at radius 1 is 1.41 bits per heavy atom. The van der Waals surface area contributed by atoms with Crippen molar-refractivity contribution in [2.45, 2.75) is 43.7 Å². The number of amides is 1. The van der Waals surface area contributed by atoms with Gasteiger partial charge < -0.3 is 19.3 Å². The summed E-state index contributed by atoms with van der Waals surface area (Å²) in [4.78, 5) is 25.4. The highest BCUT2D eigenvalue weighted by Gasteiger charge is 2.31. The summed E-state index contributed by atoms with van der Waals surface area (Å²) in [5.74, 6) is -0.358. The van der Waals surface area contributed by atoms with Crippen molar-refractivity contribution in [2.24, 2.45) is 0 Å². The zero-order valence-corrected chi connectivity index (χ0v) is 17.3. The monoisotopic (exact) mass is 433 g/mol. The van der Waals surface area contributed by atoms with Crippen molar-refractivity contribution in [1.82, 2.24) is 10.2 Å². The molecule has 0 bridgehead atoms. The molecular formula is C19H19N3O5S2. The van der Waals surface area contributed by atoms with Crippen molar-refractivity contribution >= 4 is 40.0 Å². The quantitative estimate of drug-likeness (QED) is 0.517. The average Bonchev–Trinajstić information content (AvgIpc) is 3.44. The van der Waals surface area contributed by atoms with E-state index < -0.39 is 5.97 Å². The summed E-state index contributed by atoms with van der Waals surface area (Å²) >= 11 is 2.46. The number of carboxylic acids is 1. The molecule has 4 rings (SSSR count). The molecule has 1 amide bonds. The number of anilines is 1. The Morgan fingerprint density at radius 3 is 3.00 bits per heavy atom. The van der Waals surface area contributed by atoms with Crippen LogP contribution < -0.4 is 5.32 Å². The normalized spacial score (nSPS) is 15.8. The number of hydrogen-bond acceptors (Lipinski definition) is 8. The number of rotatable bonds is 7. The van der Waals surface area contributed by atoms with Crippen LogP contribution in [-0.2, 0) is 11.2 Å². The molecule has 0 aliphatic heterocycles. The van der Waals surface area contributed by atoms with Gasteiger partial charge in [0.2, 0.25) is 5.91 Å². The van der Waals surface area contributed by atoms with Crippen molar-refractivity contribution in [3.05, 3.63) is 34.4 Å². The van der Waals surface area contributed by atoms with Gasteiger partial charge in [0, 0.05) is 4.88 Å². The van der Waals surface area contributed by atoms with E-state index in [-0.39, 0.29) is 34.3 Å². The zero-order chi connectivity index (χ0) is 20.4. The lowest BCUT2D eigenvalue weighted by Crippen LogP contribution is -2.16. The smallest absolute Gasteiger partial charge is 0.339 e. The van der Waals surface area contributed by atoms with Crippen LogP contribution in [0.1, 0.15) is 52.9 Å². The second kappa shape index (κ2) is 8.42. The molecule has 1 aliphatic rings. The summed E-state index contributed by atoms with van der Waals surface area (Å²) < 4.78 is 10.7. The van der Waals surface area contributed by atoms with Crippen molar-refractivity contribution < 1.29 is 23.5 Å². The molecule has 0 aromatic carbocycles. The van der Waals surface area contributed by atoms with Crippen LogP contribution in [0.3, 0.4) is 0 Å². The van der Waals surface area contributed by atoms with Crippen LogP contribution in [0.25, 0.3) is 11.7 Å². The number of thioether (sulfide) groups is 1. The Bertz CT molecular complexity index is 1020. The molecule has 0 saturated heterocycles. The number of furan rings is 1. The van der Waals surface area contributed by atoms with E-state index in [0.717, 1.165) is 47.9 Å². The first-order valence-corrected chi connectivity index (χ1v) is 11.1. The molecule has 0 fully saturated rings. The van der Waals surface area contributed by atoms with Crippen molar-refractivity contribution in [1.29, 1.82) is 0 Å². The summed E-state index contributed by atoms with van der Waals surface area (Å²) in [6, 6.07) is 3.41. The topological polar surface area (TPSA) is 118 Å². The molecule has 1 aliphatic carbocycles. The number of carbonyl (C=O) groups is 2. The molecule has 0 spiro atoms. The predicted octanol–water partition coefficient (Wildman–Crippen LogP) is 4.65. The summed E-state index contributed by atoms with van der Waals surface area (Å²) in [5.41, 5.74) is 1.15. The lowest BCUT2D eigenvalue weighted by molar-refractivity contribution is -0.113. The van der Waals surface area contributed by atoms with Crippen LogP contribution in [0, 0.1) is 0 Å². The third-order valence-electron chi connectivity index (χ3n) is 4.81. The molecule has 8 nitrogen and oxygen atoms in total. The van der Waals surface area contributed by atoms with Gasteiger partial charge in [-0.15, -0.1) is 21.5 Å². The van der Waals surface area contributed by atoms with Gasteiger partial charge in [-0.25, -0.2) is 4.79 Å². The van der Waals surface area contributed by atoms with E-state index in [2.05, 4.69) is 22.4 Å². The maximum absolute atomic E-state index is 12.4. The van der Waals surface area contributed by atoms with Gasteiger partial charge in [-0.1, -0.05) is 18.7 Å². The Kier molecular flexibility index (Phi) is 5.72. The first-order chi connectivity index (χ1) is 14.1. The number of aromatic nitrogens is 2. The number of fused-ring (bicyclic) bond motifs is 1. The Labute approximate surface area is 174 Å². The second-order valence-corrected chi connectivity index (χ2v) is 8.66. The molecule has 152 valence electrons. The van der Waals surface area contributed by atoms with E-state index in [0.29, 0.717) is 10.8 Å². The minimum Gasteiger partial charge on any atom is -0.478 e. The van der Waals surface area contributed by atoms with Gasteiger partial charge in [0.25, 0.3) is 11.1 Å². The molecule has 1 atom stereocenters. The van der Waals surface area contributed by atoms with Crippen molar-refractivity contribution in [3.63, 3.8) is 0 Å². The minimum atomic E-state index is -0.995. The molecule has 0 saturated carbocycles. The summed E-state index contributed by atoms with van der Waals surface area (Å²) in [6.07, 6.45) is 5.29. The highest BCUT2D eigenvalue weighted by atomic mass is 32.2. The maximum atomic E-state index is 12.4. The summed E-state index contributed by atoms with van der Waals surface area (Å²) in [6.45, 7) is 2.07. The summed E-state index contributed by atoms with van der Waals surface area (Å²) in [7, 11) is 0. The molecule has 3 heterocycles. The fourth-order valence-electron chi connectivity index (χ4n) is 3.53. The van der Waals surface area contributed by atoms with Crippen LogP contribution in [0.5, 0.6) is 0 Å². The third-order valence-corrected chi connectivity index (χ3v) is 6.81. The fourth-order valence-corrected chi connectivity index (χ4v) is 5.43. The Hall–Kier alpha value is -2.59. The van der Waals surface area contributed by atoms with Gasteiger partial charge in [-0.05, 0) is 49.3 Å². The van der Waals surface area contributed by atoms with E-state index >= 15 is 0 Å². The van der Waals surface area contributed by atoms with E-state index in [4.69, 9.17) is 8.83 Å². The molecular weight excluding hydrogens is 414 g/mol. The second-order valence-electron chi connectivity index (χ2n) is 6.63. The molecule has 29 heavy (non-hydrogen) atoms. The van der Waals surface area contributed by atoms with Gasteiger partial charge in [-0.3, -0.25) is 4.79 Å². The molecule has 2 N–H and O–H groups in total. The molecule has 1 unspecified atom stereocenters. The van der Waals surface area contributed by atoms with Crippen LogP contribution in [0.15, 0.2) is 32.5 Å². The van der Waals surface area contributed by atoms with Gasteiger partial charge in [0.1, 0.15) is 5.00 Å². The number of aromatic carboxylic acids is 1. The van der Waals surface area contributed by atoms with E-state index in [1.807, 2.05) is 0 Å². The SMILES string of the molecule is CCC1CCCc2sc(NC(=O)CSc3nnc(-c4ccco4)o3)c(C(=O)O)c21. The number of nitrogens with zero attached hydrogens (tertiary/aromatic N) is 2. The van der Waals surface area contributed by atoms with E-state index in [1.165, 1.54) is 17.6 Å². The van der Waals surface area contributed by atoms with Crippen LogP contribution in [-0.4, -0.2) is 32.9 Å². The minimum absolute atomic E-state index is 0.0264. The van der Waals surface area contributed by atoms with E-state index in [1.54, 1.807) is 12.1 Å². The zero-order valence-electron chi connectivity index (χ0n) is 15.6. The summed E-state index contributed by atoms with van der Waals surface area (Å²) in [5, 5.41) is 20.9. The number of carboxylic acid groups (broad SMARTS) is 1. The van der Waals surface area contributed by atoms with E-state index in [9.17, 15) is 14.7 Å². The average molecular weight is 434 g/mol. The lowest BCUT2D eigenvalue weighted by atomic mass is 9.83. The molecule has 10 heteroatoms. The van der Waals surface area contributed by atoms with Gasteiger partial charge in [0.15, 0.2) is 5.76 Å². The highest BCUT2D eigenvalue weighted by Crippen LogP contribution is 2.44. The lowest BCUT2D eigenvalue weighted by Gasteiger charge is -2.21. The largest absolute Gasteiger partial charge is 0.478 e. The standard InChI is InChI=1S/C19H19N3O5S2/c1-2-10-5-3-7-12-14(10)15(18(24)25)17(29-12)20-13(23)9-28-19-22-21-16(27-19)11-6-4-8-26-11/h4,6,8,10H,2-3,5,7,9H2,1H3,(H,20,23)(H,24,25). The third kappa shape index (κ3) is 4.08. The van der Waals surface area contributed by atoms with Gasteiger partial charge in [-0.2, -0.15) is 0 Å². The van der Waals surface area contributed by atoms with Crippen LogP contribution in [0.2, 0.25) is 0 Å². The number of hydrogen-bond donors (Lipinski definition) is 2. The molecule has 3 aromatic rings. The first-order valence-electron chi connectivity index (χ1n) is 9.25. The number of carbonyl (C=O) groups excluding carboxylic acids is 1. The number of thiophene rings is 1. The Morgan fingerprint density at radius 2 is 2.28 bits per heavy atom. The highest BCUT2D eigenvalue weighted by molar-refractivity contribution is 7.99. The molecule has 3 aromatic heterocycles. The number of nitrogens with one attached hydrogen (secondary N) is 1. The van der Waals surface area contributed by atoms with Gasteiger partial charge >= 0.3 is 5.97 Å². The Balaban J connectivity index is 1.45. The number of aryl methyl sites for hydroxylation is 1. The molecule has 0 radical (unpaired) electrons. The van der Waals surface area contributed by atoms with Gasteiger partial charge in [0.05, 0.1) is 17.6 Å². The first kappa shape index (κ1) is 19.7.